The predicted molar refractivity (Wildman–Crippen MR) is 109 cm³/mol. The molecule has 5 nitrogen and oxygen atoms in total. The number of hydrogen-bond acceptors (Lipinski definition) is 5. The second kappa shape index (κ2) is 7.41. The maximum Gasteiger partial charge on any atom is 0.225 e. The van der Waals surface area contributed by atoms with E-state index in [0.717, 1.165) is 16.2 Å². The van der Waals surface area contributed by atoms with E-state index in [9.17, 15) is 13.2 Å². The molecule has 0 aliphatic carbocycles. The van der Waals surface area contributed by atoms with Crippen molar-refractivity contribution in [3.05, 3.63) is 70.4 Å². The molecule has 0 radical (unpaired) electrons. The number of benzene rings is 2. The lowest BCUT2D eigenvalue weighted by Gasteiger charge is -2.24. The lowest BCUT2D eigenvalue weighted by molar-refractivity contribution is -0.116. The Bertz CT molecular complexity index is 1100. The van der Waals surface area contributed by atoms with Crippen molar-refractivity contribution in [3.8, 4) is 5.75 Å². The summed E-state index contributed by atoms with van der Waals surface area (Å²) in [5.41, 5.74) is 1.37. The van der Waals surface area contributed by atoms with E-state index in [4.69, 9.17) is 4.74 Å². The van der Waals surface area contributed by atoms with E-state index >= 15 is 0 Å². The summed E-state index contributed by atoms with van der Waals surface area (Å²) >= 11 is 1.37. The number of carbonyl (C=O) groups is 1. The fourth-order valence-electron chi connectivity index (χ4n) is 3.36. The molecule has 0 saturated carbocycles. The summed E-state index contributed by atoms with van der Waals surface area (Å²) in [5.74, 6) is 0.406. The van der Waals surface area contributed by atoms with E-state index < -0.39 is 9.84 Å². The van der Waals surface area contributed by atoms with E-state index in [0.29, 0.717) is 12.3 Å². The number of hydrogen-bond donors (Lipinski definition) is 1. The molecule has 28 heavy (non-hydrogen) atoms. The number of amides is 1. The van der Waals surface area contributed by atoms with Crippen molar-refractivity contribution < 1.29 is 17.9 Å². The standard InChI is InChI=1S/C21H19NO4S2/c1-2-26-15-10-8-14(9-11-15)17-12-19(23)22-20-18(13-27-21(17)20)28(24,25)16-6-4-3-5-7-16/h3-11,13,17H,2,12H2,1H3,(H,22,23)/t17-/m0/s1. The van der Waals surface area contributed by atoms with Crippen LogP contribution in [0.2, 0.25) is 0 Å². The minimum Gasteiger partial charge on any atom is -0.494 e. The summed E-state index contributed by atoms with van der Waals surface area (Å²) in [6.45, 7) is 2.51. The Labute approximate surface area is 167 Å². The van der Waals surface area contributed by atoms with Crippen LogP contribution in [-0.2, 0) is 14.6 Å². The number of anilines is 1. The molecular weight excluding hydrogens is 394 g/mol. The first kappa shape index (κ1) is 18.7. The van der Waals surface area contributed by atoms with E-state index in [1.807, 2.05) is 31.2 Å². The average molecular weight is 414 g/mol. The minimum atomic E-state index is -3.70. The topological polar surface area (TPSA) is 72.5 Å². The number of ether oxygens (including phenoxy) is 1. The molecule has 1 N–H and O–H groups in total. The van der Waals surface area contributed by atoms with Crippen LogP contribution in [-0.4, -0.2) is 20.9 Å². The number of rotatable bonds is 5. The summed E-state index contributed by atoms with van der Waals surface area (Å²) in [6, 6.07) is 15.9. The van der Waals surface area contributed by atoms with Crippen molar-refractivity contribution in [2.45, 2.75) is 29.1 Å². The van der Waals surface area contributed by atoms with Crippen LogP contribution in [0.5, 0.6) is 5.75 Å². The molecule has 144 valence electrons. The van der Waals surface area contributed by atoms with Gasteiger partial charge >= 0.3 is 0 Å². The van der Waals surface area contributed by atoms with Crippen LogP contribution in [0.1, 0.15) is 29.7 Å². The second-order valence-corrected chi connectivity index (χ2v) is 9.29. The first-order chi connectivity index (χ1) is 13.5. The molecule has 0 bridgehead atoms. The van der Waals surface area contributed by atoms with Gasteiger partial charge in [-0.15, -0.1) is 11.3 Å². The van der Waals surface area contributed by atoms with Gasteiger partial charge in [-0.05, 0) is 36.8 Å². The van der Waals surface area contributed by atoms with Crippen LogP contribution >= 0.6 is 11.3 Å². The van der Waals surface area contributed by atoms with Gasteiger partial charge in [0.2, 0.25) is 15.7 Å². The van der Waals surface area contributed by atoms with Crippen LogP contribution < -0.4 is 10.1 Å². The van der Waals surface area contributed by atoms with Gasteiger partial charge in [-0.25, -0.2) is 8.42 Å². The molecule has 2 heterocycles. The molecular formula is C21H19NO4S2. The second-order valence-electron chi connectivity index (χ2n) is 6.46. The third-order valence-corrected chi connectivity index (χ3v) is 7.73. The van der Waals surface area contributed by atoms with Crippen LogP contribution in [0.4, 0.5) is 5.69 Å². The summed E-state index contributed by atoms with van der Waals surface area (Å²) in [7, 11) is -3.70. The van der Waals surface area contributed by atoms with Crippen LogP contribution in [0, 0.1) is 0 Å². The lowest BCUT2D eigenvalue weighted by Crippen LogP contribution is -2.23. The Morgan fingerprint density at radius 1 is 1.11 bits per heavy atom. The molecule has 0 unspecified atom stereocenters. The number of carbonyl (C=O) groups excluding carboxylic acids is 1. The normalized spacial score (nSPS) is 16.3. The SMILES string of the molecule is CCOc1ccc([C@@H]2CC(=O)Nc3c(S(=O)(=O)c4ccccc4)csc32)cc1. The van der Waals surface area contributed by atoms with Gasteiger partial charge < -0.3 is 10.1 Å². The van der Waals surface area contributed by atoms with Gasteiger partial charge in [0, 0.05) is 22.6 Å². The van der Waals surface area contributed by atoms with Crippen LogP contribution in [0.15, 0.2) is 69.8 Å². The van der Waals surface area contributed by atoms with Gasteiger partial charge in [0.25, 0.3) is 0 Å². The lowest BCUT2D eigenvalue weighted by atomic mass is 9.90. The highest BCUT2D eigenvalue weighted by atomic mass is 32.2. The minimum absolute atomic E-state index is 0.155. The molecule has 3 aromatic rings. The van der Waals surface area contributed by atoms with E-state index in [-0.39, 0.29) is 28.0 Å². The molecule has 0 saturated heterocycles. The molecule has 2 aromatic carbocycles. The van der Waals surface area contributed by atoms with E-state index in [1.54, 1.807) is 35.7 Å². The molecule has 1 atom stereocenters. The van der Waals surface area contributed by atoms with Gasteiger partial charge in [-0.3, -0.25) is 4.79 Å². The number of nitrogens with one attached hydrogen (secondary N) is 1. The zero-order valence-electron chi connectivity index (χ0n) is 15.2. The molecule has 1 amide bonds. The molecule has 0 fully saturated rings. The third kappa shape index (κ3) is 3.31. The maximum absolute atomic E-state index is 13.1. The van der Waals surface area contributed by atoms with E-state index in [2.05, 4.69) is 5.32 Å². The Morgan fingerprint density at radius 3 is 2.50 bits per heavy atom. The number of fused-ring (bicyclic) bond motifs is 1. The highest BCUT2D eigenvalue weighted by Gasteiger charge is 2.34. The van der Waals surface area contributed by atoms with Gasteiger partial charge in [-0.2, -0.15) is 0 Å². The van der Waals surface area contributed by atoms with Crippen LogP contribution in [0.3, 0.4) is 0 Å². The Hall–Kier alpha value is -2.64. The Balaban J connectivity index is 1.76. The van der Waals surface area contributed by atoms with Gasteiger partial charge in [-0.1, -0.05) is 30.3 Å². The first-order valence-electron chi connectivity index (χ1n) is 8.95. The molecule has 1 aromatic heterocycles. The quantitative estimate of drug-likeness (QED) is 0.671. The zero-order valence-corrected chi connectivity index (χ0v) is 16.8. The zero-order chi connectivity index (χ0) is 19.7. The fourth-order valence-corrected chi connectivity index (χ4v) is 6.29. The Morgan fingerprint density at radius 2 is 1.82 bits per heavy atom. The summed E-state index contributed by atoms with van der Waals surface area (Å²) in [6.07, 6.45) is 0.284. The molecule has 7 heteroatoms. The molecule has 1 aliphatic heterocycles. The smallest absolute Gasteiger partial charge is 0.225 e. The first-order valence-corrected chi connectivity index (χ1v) is 11.3. The summed E-state index contributed by atoms with van der Waals surface area (Å²) in [5, 5.41) is 4.41. The monoisotopic (exact) mass is 413 g/mol. The number of sulfone groups is 1. The highest BCUT2D eigenvalue weighted by molar-refractivity contribution is 7.91. The van der Waals surface area contributed by atoms with Crippen molar-refractivity contribution in [1.29, 1.82) is 0 Å². The van der Waals surface area contributed by atoms with E-state index in [1.165, 1.54) is 11.3 Å². The van der Waals surface area contributed by atoms with Crippen LogP contribution in [0.25, 0.3) is 0 Å². The van der Waals surface area contributed by atoms with Gasteiger partial charge in [0.1, 0.15) is 10.6 Å². The van der Waals surface area contributed by atoms with Crippen molar-refractivity contribution in [3.63, 3.8) is 0 Å². The predicted octanol–water partition coefficient (Wildman–Crippen LogP) is 4.45. The largest absolute Gasteiger partial charge is 0.494 e. The molecule has 1 aliphatic rings. The maximum atomic E-state index is 13.1. The van der Waals surface area contributed by atoms with Crippen molar-refractivity contribution in [2.24, 2.45) is 0 Å². The fraction of sp³-hybridized carbons (Fsp3) is 0.190. The summed E-state index contributed by atoms with van der Waals surface area (Å²) < 4.78 is 31.6. The van der Waals surface area contributed by atoms with Gasteiger partial charge in [0.05, 0.1) is 17.2 Å². The molecule has 0 spiro atoms. The number of thiophene rings is 1. The highest BCUT2D eigenvalue weighted by Crippen LogP contribution is 2.45. The summed E-state index contributed by atoms with van der Waals surface area (Å²) in [4.78, 5) is 13.6. The third-order valence-electron chi connectivity index (χ3n) is 4.69. The molecule has 4 rings (SSSR count). The van der Waals surface area contributed by atoms with Crippen molar-refractivity contribution >= 4 is 32.8 Å². The Kier molecular flexibility index (Phi) is 4.95. The van der Waals surface area contributed by atoms with Crippen molar-refractivity contribution in [1.82, 2.24) is 0 Å². The average Bonchev–Trinajstić information content (AvgIpc) is 3.13. The van der Waals surface area contributed by atoms with Gasteiger partial charge in [0.15, 0.2) is 0 Å². The van der Waals surface area contributed by atoms with Crippen molar-refractivity contribution in [2.75, 3.05) is 11.9 Å².